The fourth-order valence-corrected chi connectivity index (χ4v) is 4.93. The van der Waals surface area contributed by atoms with E-state index < -0.39 is 23.7 Å². The van der Waals surface area contributed by atoms with Crippen LogP contribution in [0.25, 0.3) is 0 Å². The van der Waals surface area contributed by atoms with Crippen molar-refractivity contribution in [3.05, 3.63) is 108 Å². The maximum atomic E-state index is 14.2. The molecule has 6 rings (SSSR count). The van der Waals surface area contributed by atoms with Gasteiger partial charge in [-0.25, -0.2) is 14.4 Å². The molecule has 2 aliphatic heterocycles. The van der Waals surface area contributed by atoms with Crippen molar-refractivity contribution in [2.24, 2.45) is 4.99 Å². The van der Waals surface area contributed by atoms with Crippen molar-refractivity contribution in [2.45, 2.75) is 13.0 Å². The maximum absolute atomic E-state index is 14.2. The standard InChI is InChI=1S/C31H27FN6O3/c1-20-18-34-27(19-33-20)31(40)38(24-12-10-23(11-13-24)37-14-16-41-17-15-37)29-28(21-6-8-22(32)9-7-21)35-25-4-2-3-5-26(25)36-30(29)39/h2-13,18-19,29H,14-17H2,1H3,(H,36,39). The zero-order chi connectivity index (χ0) is 28.3. The first-order chi connectivity index (χ1) is 20.0. The number of hydrogen-bond donors (Lipinski definition) is 1. The van der Waals surface area contributed by atoms with E-state index in [1.165, 1.54) is 29.4 Å². The second kappa shape index (κ2) is 11.3. The Morgan fingerprint density at radius 2 is 1.71 bits per heavy atom. The summed E-state index contributed by atoms with van der Waals surface area (Å²) < 4.78 is 19.4. The predicted molar refractivity (Wildman–Crippen MR) is 155 cm³/mol. The first-order valence-corrected chi connectivity index (χ1v) is 13.3. The fraction of sp³-hybridized carbons (Fsp3) is 0.194. The molecule has 0 bridgehead atoms. The summed E-state index contributed by atoms with van der Waals surface area (Å²) in [5.74, 6) is -1.42. The normalized spacial score (nSPS) is 16.7. The summed E-state index contributed by atoms with van der Waals surface area (Å²) in [5, 5.41) is 2.93. The van der Waals surface area contributed by atoms with Gasteiger partial charge in [0.2, 0.25) is 0 Å². The Morgan fingerprint density at radius 1 is 0.976 bits per heavy atom. The van der Waals surface area contributed by atoms with Gasteiger partial charge in [0.25, 0.3) is 11.8 Å². The van der Waals surface area contributed by atoms with Crippen LogP contribution < -0.4 is 15.1 Å². The highest BCUT2D eigenvalue weighted by atomic mass is 19.1. The van der Waals surface area contributed by atoms with Crippen LogP contribution in [0.15, 0.2) is 90.2 Å². The van der Waals surface area contributed by atoms with Gasteiger partial charge in [0.05, 0.1) is 42.2 Å². The maximum Gasteiger partial charge on any atom is 0.279 e. The van der Waals surface area contributed by atoms with Gasteiger partial charge in [-0.1, -0.05) is 24.3 Å². The Hall–Kier alpha value is -4.96. The fourth-order valence-electron chi connectivity index (χ4n) is 4.93. The van der Waals surface area contributed by atoms with Crippen molar-refractivity contribution in [1.82, 2.24) is 9.97 Å². The molecule has 206 valence electrons. The van der Waals surface area contributed by atoms with Crippen LogP contribution >= 0.6 is 0 Å². The van der Waals surface area contributed by atoms with Gasteiger partial charge >= 0.3 is 0 Å². The summed E-state index contributed by atoms with van der Waals surface area (Å²) in [5.41, 5.74) is 3.98. The first kappa shape index (κ1) is 26.3. The second-order valence-electron chi connectivity index (χ2n) is 9.75. The Bertz CT molecular complexity index is 1600. The van der Waals surface area contributed by atoms with E-state index in [0.717, 1.165) is 18.8 Å². The number of para-hydroxylation sites is 2. The van der Waals surface area contributed by atoms with Gasteiger partial charge in [-0.15, -0.1) is 0 Å². The van der Waals surface area contributed by atoms with Gasteiger partial charge in [-0.3, -0.25) is 19.5 Å². The van der Waals surface area contributed by atoms with Crippen molar-refractivity contribution in [3.63, 3.8) is 0 Å². The summed E-state index contributed by atoms with van der Waals surface area (Å²) in [4.78, 5) is 45.2. The summed E-state index contributed by atoms with van der Waals surface area (Å²) in [7, 11) is 0. The molecule has 2 amide bonds. The van der Waals surface area contributed by atoms with Gasteiger partial charge in [0.15, 0.2) is 6.04 Å². The minimum Gasteiger partial charge on any atom is -0.378 e. The molecule has 1 N–H and O–H groups in total. The highest BCUT2D eigenvalue weighted by molar-refractivity contribution is 6.27. The smallest absolute Gasteiger partial charge is 0.279 e. The number of carbonyl (C=O) groups excluding carboxylic acids is 2. The Kier molecular flexibility index (Phi) is 7.22. The van der Waals surface area contributed by atoms with Crippen molar-refractivity contribution in [1.29, 1.82) is 0 Å². The van der Waals surface area contributed by atoms with Gasteiger partial charge in [-0.2, -0.15) is 0 Å². The molecule has 1 aromatic heterocycles. The van der Waals surface area contributed by atoms with Crippen LogP contribution in [0.2, 0.25) is 0 Å². The molecule has 0 saturated carbocycles. The Labute approximate surface area is 236 Å². The van der Waals surface area contributed by atoms with Crippen LogP contribution in [0.4, 0.5) is 27.1 Å². The van der Waals surface area contributed by atoms with Gasteiger partial charge in [0.1, 0.15) is 11.5 Å². The Balaban J connectivity index is 1.50. The molecular formula is C31H27FN6O3. The van der Waals surface area contributed by atoms with E-state index in [0.29, 0.717) is 41.5 Å². The van der Waals surface area contributed by atoms with Crippen LogP contribution in [0.1, 0.15) is 21.7 Å². The molecule has 3 heterocycles. The molecule has 1 fully saturated rings. The first-order valence-electron chi connectivity index (χ1n) is 13.3. The average molecular weight is 551 g/mol. The second-order valence-corrected chi connectivity index (χ2v) is 9.75. The monoisotopic (exact) mass is 550 g/mol. The van der Waals surface area contributed by atoms with Crippen molar-refractivity contribution >= 4 is 40.3 Å². The van der Waals surface area contributed by atoms with E-state index in [1.807, 2.05) is 18.2 Å². The summed E-state index contributed by atoms with van der Waals surface area (Å²) in [6.07, 6.45) is 2.90. The van der Waals surface area contributed by atoms with E-state index >= 15 is 0 Å². The Morgan fingerprint density at radius 3 is 2.41 bits per heavy atom. The van der Waals surface area contributed by atoms with Crippen molar-refractivity contribution < 1.29 is 18.7 Å². The number of hydrogen-bond acceptors (Lipinski definition) is 7. The number of rotatable bonds is 5. The van der Waals surface area contributed by atoms with Crippen LogP contribution in [-0.2, 0) is 9.53 Å². The molecule has 3 aromatic carbocycles. The number of aromatic nitrogens is 2. The third-order valence-electron chi connectivity index (χ3n) is 7.03. The van der Waals surface area contributed by atoms with E-state index in [4.69, 9.17) is 9.73 Å². The van der Waals surface area contributed by atoms with Crippen LogP contribution in [-0.4, -0.2) is 59.8 Å². The number of carbonyl (C=O) groups is 2. The molecule has 1 unspecified atom stereocenters. The number of nitrogens with zero attached hydrogens (tertiary/aromatic N) is 5. The van der Waals surface area contributed by atoms with Crippen LogP contribution in [0.3, 0.4) is 0 Å². The van der Waals surface area contributed by atoms with Gasteiger partial charge in [0, 0.05) is 30.7 Å². The average Bonchev–Trinajstić information content (AvgIpc) is 3.15. The van der Waals surface area contributed by atoms with E-state index in [1.54, 1.807) is 49.4 Å². The lowest BCUT2D eigenvalue weighted by Crippen LogP contribution is -2.52. The molecule has 0 spiro atoms. The topological polar surface area (TPSA) is 100 Å². The third-order valence-corrected chi connectivity index (χ3v) is 7.03. The van der Waals surface area contributed by atoms with E-state index in [2.05, 4.69) is 20.2 Å². The minimum absolute atomic E-state index is 0.0703. The molecule has 1 saturated heterocycles. The number of amides is 2. The number of nitrogens with one attached hydrogen (secondary N) is 1. The van der Waals surface area contributed by atoms with Crippen LogP contribution in [0, 0.1) is 12.7 Å². The molecular weight excluding hydrogens is 523 g/mol. The number of ether oxygens (including phenoxy) is 1. The highest BCUT2D eigenvalue weighted by Gasteiger charge is 2.39. The molecule has 4 aromatic rings. The van der Waals surface area contributed by atoms with Gasteiger partial charge < -0.3 is 15.0 Å². The molecule has 2 aliphatic rings. The van der Waals surface area contributed by atoms with Crippen molar-refractivity contribution in [3.8, 4) is 0 Å². The lowest BCUT2D eigenvalue weighted by molar-refractivity contribution is -0.116. The number of benzene rings is 3. The SMILES string of the molecule is Cc1cnc(C(=O)N(c2ccc(N3CCOCC3)cc2)C2C(=O)Nc3ccccc3N=C2c2ccc(F)cc2)cn1. The molecule has 9 nitrogen and oxygen atoms in total. The molecule has 10 heteroatoms. The summed E-state index contributed by atoms with van der Waals surface area (Å²) >= 11 is 0. The molecule has 1 atom stereocenters. The molecule has 0 radical (unpaired) electrons. The lowest BCUT2D eigenvalue weighted by Gasteiger charge is -2.32. The number of halogens is 1. The van der Waals surface area contributed by atoms with Crippen molar-refractivity contribution in [2.75, 3.05) is 41.4 Å². The number of morpholine rings is 1. The zero-order valence-corrected chi connectivity index (χ0v) is 22.3. The predicted octanol–water partition coefficient (Wildman–Crippen LogP) is 4.55. The van der Waals surface area contributed by atoms with E-state index in [-0.39, 0.29) is 11.4 Å². The number of fused-ring (bicyclic) bond motifs is 1. The molecule has 0 aliphatic carbocycles. The number of anilines is 3. The summed E-state index contributed by atoms with van der Waals surface area (Å²) in [6.45, 7) is 4.56. The van der Waals surface area contributed by atoms with Gasteiger partial charge in [-0.05, 0) is 61.0 Å². The quantitative estimate of drug-likeness (QED) is 0.392. The highest BCUT2D eigenvalue weighted by Crippen LogP contribution is 2.33. The molecule has 41 heavy (non-hydrogen) atoms. The lowest BCUT2D eigenvalue weighted by atomic mass is 9.99. The summed E-state index contributed by atoms with van der Waals surface area (Å²) in [6, 6.07) is 19.1. The number of aliphatic imine (C=N–C) groups is 1. The number of aryl methyl sites for hydroxylation is 1. The third kappa shape index (κ3) is 5.42. The largest absolute Gasteiger partial charge is 0.378 e. The van der Waals surface area contributed by atoms with E-state index in [9.17, 15) is 14.0 Å². The zero-order valence-electron chi connectivity index (χ0n) is 22.3. The minimum atomic E-state index is -1.21. The van der Waals surface area contributed by atoms with Crippen LogP contribution in [0.5, 0.6) is 0 Å².